The number of ether oxygens (including phenoxy) is 5. The Labute approximate surface area is 230 Å². The van der Waals surface area contributed by atoms with Crippen LogP contribution in [0.25, 0.3) is 0 Å². The van der Waals surface area contributed by atoms with Gasteiger partial charge in [-0.3, -0.25) is 5.32 Å². The predicted molar refractivity (Wildman–Crippen MR) is 147 cm³/mol. The number of hydrogen-bond donors (Lipinski definition) is 1. The third-order valence-corrected chi connectivity index (χ3v) is 5.34. The second-order valence-electron chi connectivity index (χ2n) is 8.94. The molecule has 1 amide bonds. The zero-order chi connectivity index (χ0) is 26.5. The standard InChI is InChI=1S/C26H33IN4O6/c1-26(2,3)37-25(32)28-21-6-10-23(11-7-21)35-17-16-34-15-14-33-13-12-31-18-22(29-30-31)19-36-24-8-4-20(27)5-9-24/h4-11,18H,12-17,19H2,1-3H3,(H,28,32). The fourth-order valence-electron chi connectivity index (χ4n) is 2.96. The van der Waals surface area contributed by atoms with Gasteiger partial charge in [0.2, 0.25) is 0 Å². The fraction of sp³-hybridized carbons (Fsp3) is 0.423. The molecule has 1 N–H and O–H groups in total. The number of nitrogens with one attached hydrogen (secondary N) is 1. The number of hydrogen-bond acceptors (Lipinski definition) is 8. The van der Waals surface area contributed by atoms with Crippen LogP contribution in [0.2, 0.25) is 0 Å². The number of carbonyl (C=O) groups excluding carboxylic acids is 1. The van der Waals surface area contributed by atoms with Crippen LogP contribution in [0.1, 0.15) is 26.5 Å². The van der Waals surface area contributed by atoms with Crippen LogP contribution >= 0.6 is 22.6 Å². The van der Waals surface area contributed by atoms with Crippen molar-refractivity contribution in [1.82, 2.24) is 15.0 Å². The molecule has 0 saturated carbocycles. The van der Waals surface area contributed by atoms with Gasteiger partial charge in [0, 0.05) is 9.26 Å². The number of benzene rings is 2. The number of halogens is 1. The number of nitrogens with zero attached hydrogens (tertiary/aromatic N) is 3. The Bertz CT molecular complexity index is 1080. The summed E-state index contributed by atoms with van der Waals surface area (Å²) in [6.07, 6.45) is 1.36. The topological polar surface area (TPSA) is 106 Å². The normalized spacial score (nSPS) is 11.2. The summed E-state index contributed by atoms with van der Waals surface area (Å²) in [7, 11) is 0. The Hall–Kier alpha value is -2.90. The monoisotopic (exact) mass is 624 g/mol. The smallest absolute Gasteiger partial charge is 0.412 e. The van der Waals surface area contributed by atoms with E-state index in [1.807, 2.05) is 51.2 Å². The van der Waals surface area contributed by atoms with Gasteiger partial charge in [0.15, 0.2) is 0 Å². The second-order valence-corrected chi connectivity index (χ2v) is 10.2. The van der Waals surface area contributed by atoms with Gasteiger partial charge in [-0.2, -0.15) is 0 Å². The van der Waals surface area contributed by atoms with Crippen molar-refractivity contribution in [1.29, 1.82) is 0 Å². The molecular weight excluding hydrogens is 591 g/mol. The van der Waals surface area contributed by atoms with Gasteiger partial charge in [-0.25, -0.2) is 9.48 Å². The van der Waals surface area contributed by atoms with Crippen molar-refractivity contribution in [2.24, 2.45) is 0 Å². The average molecular weight is 624 g/mol. The predicted octanol–water partition coefficient (Wildman–Crippen LogP) is 4.92. The first kappa shape index (κ1) is 28.7. The lowest BCUT2D eigenvalue weighted by atomic mass is 10.2. The molecule has 0 unspecified atom stereocenters. The Morgan fingerprint density at radius 1 is 0.892 bits per heavy atom. The molecule has 0 fully saturated rings. The van der Waals surface area contributed by atoms with Crippen LogP contribution in [0.5, 0.6) is 11.5 Å². The number of amides is 1. The molecule has 0 aliphatic rings. The van der Waals surface area contributed by atoms with Gasteiger partial charge in [0.25, 0.3) is 0 Å². The molecule has 2 aromatic carbocycles. The van der Waals surface area contributed by atoms with Gasteiger partial charge in [-0.15, -0.1) is 5.10 Å². The van der Waals surface area contributed by atoms with Crippen LogP contribution in [-0.4, -0.2) is 59.7 Å². The summed E-state index contributed by atoms with van der Waals surface area (Å²) in [6.45, 7) is 8.70. The summed E-state index contributed by atoms with van der Waals surface area (Å²) in [5.74, 6) is 1.49. The van der Waals surface area contributed by atoms with Crippen molar-refractivity contribution in [3.05, 3.63) is 64.0 Å². The highest BCUT2D eigenvalue weighted by molar-refractivity contribution is 14.1. The highest BCUT2D eigenvalue weighted by Crippen LogP contribution is 2.17. The lowest BCUT2D eigenvalue weighted by Gasteiger charge is -2.19. The maximum absolute atomic E-state index is 11.8. The largest absolute Gasteiger partial charge is 0.491 e. The summed E-state index contributed by atoms with van der Waals surface area (Å²) in [5, 5.41) is 10.9. The Morgan fingerprint density at radius 2 is 1.51 bits per heavy atom. The second kappa shape index (κ2) is 14.7. The molecule has 0 spiro atoms. The molecule has 10 nitrogen and oxygen atoms in total. The first-order valence-electron chi connectivity index (χ1n) is 11.9. The van der Waals surface area contributed by atoms with Crippen molar-refractivity contribution in [3.8, 4) is 11.5 Å². The molecule has 37 heavy (non-hydrogen) atoms. The minimum atomic E-state index is -0.544. The molecule has 1 heterocycles. The number of anilines is 1. The number of carbonyl (C=O) groups is 1. The van der Waals surface area contributed by atoms with Gasteiger partial charge < -0.3 is 23.7 Å². The Balaban J connectivity index is 1.19. The van der Waals surface area contributed by atoms with Crippen LogP contribution in [0, 0.1) is 3.57 Å². The van der Waals surface area contributed by atoms with Crippen LogP contribution in [-0.2, 0) is 27.4 Å². The molecule has 3 aromatic rings. The molecular formula is C26H33IN4O6. The Morgan fingerprint density at radius 3 is 2.22 bits per heavy atom. The minimum absolute atomic E-state index is 0.366. The third-order valence-electron chi connectivity index (χ3n) is 4.62. The minimum Gasteiger partial charge on any atom is -0.491 e. The maximum atomic E-state index is 11.8. The summed E-state index contributed by atoms with van der Waals surface area (Å²) in [4.78, 5) is 11.8. The van der Waals surface area contributed by atoms with E-state index in [1.165, 1.54) is 0 Å². The van der Waals surface area contributed by atoms with Gasteiger partial charge in [-0.05, 0) is 91.9 Å². The summed E-state index contributed by atoms with van der Waals surface area (Å²) in [5.41, 5.74) is 0.848. The quantitative estimate of drug-likeness (QED) is 0.199. The van der Waals surface area contributed by atoms with Crippen molar-refractivity contribution in [3.63, 3.8) is 0 Å². The number of aromatic nitrogens is 3. The molecule has 1 aromatic heterocycles. The molecule has 3 rings (SSSR count). The van der Waals surface area contributed by atoms with E-state index < -0.39 is 11.7 Å². The maximum Gasteiger partial charge on any atom is 0.412 e. The average Bonchev–Trinajstić information content (AvgIpc) is 3.30. The van der Waals surface area contributed by atoms with Gasteiger partial charge in [0.1, 0.15) is 36.0 Å². The van der Waals surface area contributed by atoms with E-state index in [4.69, 9.17) is 23.7 Å². The SMILES string of the molecule is CC(C)(C)OC(=O)Nc1ccc(OCCOCCOCCn2cc(COc3ccc(I)cc3)nn2)cc1. The molecule has 0 saturated heterocycles. The van der Waals surface area contributed by atoms with Gasteiger partial charge >= 0.3 is 6.09 Å². The highest BCUT2D eigenvalue weighted by atomic mass is 127. The number of rotatable bonds is 14. The van der Waals surface area contributed by atoms with E-state index in [0.717, 1.165) is 15.0 Å². The van der Waals surface area contributed by atoms with E-state index >= 15 is 0 Å². The summed E-state index contributed by atoms with van der Waals surface area (Å²) < 4.78 is 30.6. The molecule has 200 valence electrons. The molecule has 0 aliphatic heterocycles. The van der Waals surface area contributed by atoms with E-state index in [1.54, 1.807) is 28.9 Å². The third kappa shape index (κ3) is 11.8. The van der Waals surface area contributed by atoms with Crippen molar-refractivity contribution >= 4 is 34.4 Å². The van der Waals surface area contributed by atoms with E-state index in [-0.39, 0.29) is 0 Å². The summed E-state index contributed by atoms with van der Waals surface area (Å²) >= 11 is 2.26. The van der Waals surface area contributed by atoms with Crippen LogP contribution in [0.3, 0.4) is 0 Å². The summed E-state index contributed by atoms with van der Waals surface area (Å²) in [6, 6.07) is 14.9. The molecule has 0 radical (unpaired) electrons. The van der Waals surface area contributed by atoms with Crippen LogP contribution < -0.4 is 14.8 Å². The van der Waals surface area contributed by atoms with Crippen molar-refractivity contribution in [2.75, 3.05) is 38.4 Å². The Kier molecular flexibility index (Phi) is 11.4. The van der Waals surface area contributed by atoms with Crippen LogP contribution in [0.4, 0.5) is 10.5 Å². The van der Waals surface area contributed by atoms with Crippen molar-refractivity contribution < 1.29 is 28.5 Å². The molecule has 0 bridgehead atoms. The lowest BCUT2D eigenvalue weighted by Crippen LogP contribution is -2.27. The van der Waals surface area contributed by atoms with Gasteiger partial charge in [0.05, 0.1) is 39.2 Å². The van der Waals surface area contributed by atoms with Crippen LogP contribution in [0.15, 0.2) is 54.7 Å². The zero-order valence-corrected chi connectivity index (χ0v) is 23.5. The zero-order valence-electron chi connectivity index (χ0n) is 21.3. The molecule has 0 aliphatic carbocycles. The van der Waals surface area contributed by atoms with Gasteiger partial charge in [-0.1, -0.05) is 5.21 Å². The lowest BCUT2D eigenvalue weighted by molar-refractivity contribution is 0.0333. The fourth-order valence-corrected chi connectivity index (χ4v) is 3.32. The first-order valence-corrected chi connectivity index (χ1v) is 13.0. The van der Waals surface area contributed by atoms with E-state index in [9.17, 15) is 4.79 Å². The van der Waals surface area contributed by atoms with Crippen molar-refractivity contribution in [2.45, 2.75) is 39.5 Å². The van der Waals surface area contributed by atoms with E-state index in [0.29, 0.717) is 57.6 Å². The highest BCUT2D eigenvalue weighted by Gasteiger charge is 2.16. The molecule has 0 atom stereocenters. The van der Waals surface area contributed by atoms with E-state index in [2.05, 4.69) is 38.2 Å². The first-order chi connectivity index (χ1) is 17.8. The molecule has 11 heteroatoms.